The lowest BCUT2D eigenvalue weighted by atomic mass is 10.4. The van der Waals surface area contributed by atoms with Gasteiger partial charge in [-0.05, 0) is 24.6 Å². The highest BCUT2D eigenvalue weighted by Gasteiger charge is 2.39. The predicted molar refractivity (Wildman–Crippen MR) is 105 cm³/mol. The summed E-state index contributed by atoms with van der Waals surface area (Å²) in [5.74, 6) is -0.188. The van der Waals surface area contributed by atoms with Crippen molar-refractivity contribution in [3.05, 3.63) is 24.3 Å². The van der Waals surface area contributed by atoms with Crippen molar-refractivity contribution >= 4 is 50.7 Å². The molecule has 26 heavy (non-hydrogen) atoms. The molecule has 1 atom stereocenters. The van der Waals surface area contributed by atoms with E-state index in [-0.39, 0.29) is 22.0 Å². The number of methoxy groups -OCH3 is 2. The Labute approximate surface area is 160 Å². The summed E-state index contributed by atoms with van der Waals surface area (Å²) in [4.78, 5) is 12.8. The van der Waals surface area contributed by atoms with E-state index in [1.165, 1.54) is 32.0 Å². The van der Waals surface area contributed by atoms with Gasteiger partial charge in [0, 0.05) is 12.0 Å². The van der Waals surface area contributed by atoms with Gasteiger partial charge in [-0.1, -0.05) is 23.9 Å². The second kappa shape index (κ2) is 8.75. The molecule has 2 N–H and O–H groups in total. The molecule has 2 rings (SSSR count). The van der Waals surface area contributed by atoms with Crippen LogP contribution in [0.3, 0.4) is 0 Å². The molecule has 12 heteroatoms. The first-order chi connectivity index (χ1) is 12.4. The van der Waals surface area contributed by atoms with E-state index in [2.05, 4.69) is 15.0 Å². The molecule has 0 spiro atoms. The van der Waals surface area contributed by atoms with Gasteiger partial charge in [0.05, 0.1) is 7.11 Å². The maximum atomic E-state index is 13.3. The van der Waals surface area contributed by atoms with Crippen LogP contribution in [-0.4, -0.2) is 63.0 Å². The first-order valence-electron chi connectivity index (χ1n) is 7.18. The van der Waals surface area contributed by atoms with Crippen LogP contribution in [0.4, 0.5) is 0 Å². The number of guanidine groups is 1. The summed E-state index contributed by atoms with van der Waals surface area (Å²) in [6.07, 6.45) is 2.28. The minimum absolute atomic E-state index is 0.0610. The van der Waals surface area contributed by atoms with E-state index in [0.717, 1.165) is 16.1 Å². The zero-order valence-corrected chi connectivity index (χ0v) is 17.1. The Morgan fingerprint density at radius 2 is 2.00 bits per heavy atom. The number of sulfonamides is 1. The van der Waals surface area contributed by atoms with E-state index in [1.807, 2.05) is 0 Å². The first-order valence-corrected chi connectivity index (χ1v) is 11.1. The molecule has 0 bridgehead atoms. The van der Waals surface area contributed by atoms with Gasteiger partial charge in [-0.15, -0.1) is 11.8 Å². The topological polar surface area (TPSA) is 119 Å². The second-order valence-electron chi connectivity index (χ2n) is 4.70. The van der Waals surface area contributed by atoms with Crippen LogP contribution in [0.5, 0.6) is 0 Å². The summed E-state index contributed by atoms with van der Waals surface area (Å²) < 4.78 is 37.8. The number of amidine groups is 2. The first kappa shape index (κ1) is 20.6. The summed E-state index contributed by atoms with van der Waals surface area (Å²) in [5.41, 5.74) is 5.76. The standard InChI is InChI=1S/C14H19N5O4S3/c1-22-13-17-12(16-11(15)25-4)19(14(18-13)23-2)26(20,21)10-8-6-5-7-9(10)24-3/h5-8,14H,1-4H3,(H2,15,16,17,18). The molecule has 1 aromatic rings. The molecule has 0 amide bonds. The number of rotatable bonds is 4. The van der Waals surface area contributed by atoms with Crippen molar-refractivity contribution in [1.29, 1.82) is 0 Å². The lowest BCUT2D eigenvalue weighted by molar-refractivity contribution is 0.0479. The maximum Gasteiger partial charge on any atom is 0.318 e. The zero-order valence-electron chi connectivity index (χ0n) is 14.6. The predicted octanol–water partition coefficient (Wildman–Crippen LogP) is 1.38. The lowest BCUT2D eigenvalue weighted by Crippen LogP contribution is -2.47. The number of thioether (sulfide) groups is 2. The molecule has 0 radical (unpaired) electrons. The van der Waals surface area contributed by atoms with Crippen molar-refractivity contribution in [2.24, 2.45) is 20.7 Å². The molecular formula is C14H19N5O4S3. The summed E-state index contributed by atoms with van der Waals surface area (Å²) in [6.45, 7) is 0. The van der Waals surface area contributed by atoms with Crippen LogP contribution in [0.1, 0.15) is 0 Å². The summed E-state index contributed by atoms with van der Waals surface area (Å²) in [7, 11) is -1.39. The third-order valence-corrected chi connectivity index (χ3v) is 6.44. The average molecular weight is 418 g/mol. The van der Waals surface area contributed by atoms with Gasteiger partial charge in [-0.3, -0.25) is 0 Å². The van der Waals surface area contributed by atoms with Crippen LogP contribution in [0, 0.1) is 0 Å². The summed E-state index contributed by atoms with van der Waals surface area (Å²) in [6, 6.07) is 6.55. The van der Waals surface area contributed by atoms with Crippen LogP contribution >= 0.6 is 23.5 Å². The number of benzene rings is 1. The van der Waals surface area contributed by atoms with Crippen molar-refractivity contribution in [1.82, 2.24) is 4.31 Å². The highest BCUT2D eigenvalue weighted by Crippen LogP contribution is 2.30. The SMILES string of the molecule is COC1=NC(OC)N(S(=O)(=O)c2ccccc2SC)C(N=C(N)SC)=N1. The fourth-order valence-electron chi connectivity index (χ4n) is 2.04. The fraction of sp³-hybridized carbons (Fsp3) is 0.357. The van der Waals surface area contributed by atoms with Gasteiger partial charge < -0.3 is 15.2 Å². The maximum absolute atomic E-state index is 13.3. The second-order valence-corrected chi connectivity index (χ2v) is 8.15. The van der Waals surface area contributed by atoms with E-state index < -0.39 is 16.4 Å². The minimum atomic E-state index is -4.08. The molecule has 0 fully saturated rings. The molecule has 9 nitrogen and oxygen atoms in total. The molecule has 1 unspecified atom stereocenters. The van der Waals surface area contributed by atoms with E-state index in [0.29, 0.717) is 4.90 Å². The molecule has 0 saturated heterocycles. The Balaban J connectivity index is 2.65. The van der Waals surface area contributed by atoms with Crippen molar-refractivity contribution < 1.29 is 17.9 Å². The summed E-state index contributed by atoms with van der Waals surface area (Å²) in [5, 5.41) is 0.134. The lowest BCUT2D eigenvalue weighted by Gasteiger charge is -2.30. The van der Waals surface area contributed by atoms with Gasteiger partial charge in [0.1, 0.15) is 4.90 Å². The van der Waals surface area contributed by atoms with E-state index >= 15 is 0 Å². The third kappa shape index (κ3) is 4.14. The van der Waals surface area contributed by atoms with Gasteiger partial charge in [0.15, 0.2) is 5.17 Å². The van der Waals surface area contributed by atoms with Crippen molar-refractivity contribution in [2.45, 2.75) is 16.1 Å². The molecular weight excluding hydrogens is 398 g/mol. The molecule has 1 aliphatic heterocycles. The van der Waals surface area contributed by atoms with Crippen LogP contribution < -0.4 is 5.73 Å². The van der Waals surface area contributed by atoms with E-state index in [1.54, 1.807) is 30.7 Å². The number of ether oxygens (including phenoxy) is 2. The Bertz CT molecular complexity index is 854. The van der Waals surface area contributed by atoms with E-state index in [4.69, 9.17) is 15.2 Å². The molecule has 0 aromatic heterocycles. The monoisotopic (exact) mass is 417 g/mol. The van der Waals surface area contributed by atoms with Gasteiger partial charge in [-0.2, -0.15) is 19.3 Å². The molecule has 1 heterocycles. The Kier molecular flexibility index (Phi) is 6.92. The number of aliphatic imine (C=N–C) groups is 3. The normalized spacial score (nSPS) is 18.4. The van der Waals surface area contributed by atoms with Crippen LogP contribution in [-0.2, 0) is 19.5 Å². The van der Waals surface area contributed by atoms with Crippen molar-refractivity contribution in [2.75, 3.05) is 26.7 Å². The summed E-state index contributed by atoms with van der Waals surface area (Å²) >= 11 is 2.46. The van der Waals surface area contributed by atoms with Gasteiger partial charge in [-0.25, -0.2) is 8.42 Å². The molecule has 142 valence electrons. The zero-order chi connectivity index (χ0) is 19.3. The van der Waals surface area contributed by atoms with Gasteiger partial charge in [0.2, 0.25) is 6.35 Å². The smallest absolute Gasteiger partial charge is 0.318 e. The quantitative estimate of drug-likeness (QED) is 0.446. The highest BCUT2D eigenvalue weighted by atomic mass is 32.2. The number of nitrogens with two attached hydrogens (primary N) is 1. The van der Waals surface area contributed by atoms with Gasteiger partial charge >= 0.3 is 6.02 Å². The number of nitrogens with zero attached hydrogens (tertiary/aromatic N) is 4. The van der Waals surface area contributed by atoms with E-state index in [9.17, 15) is 8.42 Å². The minimum Gasteiger partial charge on any atom is -0.467 e. The fourth-order valence-corrected chi connectivity index (χ4v) is 4.71. The van der Waals surface area contributed by atoms with Crippen LogP contribution in [0.15, 0.2) is 49.0 Å². The van der Waals surface area contributed by atoms with Crippen molar-refractivity contribution in [3.8, 4) is 0 Å². The average Bonchev–Trinajstić information content (AvgIpc) is 2.66. The number of hydrogen-bond donors (Lipinski definition) is 1. The highest BCUT2D eigenvalue weighted by molar-refractivity contribution is 8.13. The third-order valence-electron chi connectivity index (χ3n) is 3.23. The Hall–Kier alpha value is -1.76. The van der Waals surface area contributed by atoms with Gasteiger partial charge in [0.25, 0.3) is 16.0 Å². The number of hydrogen-bond acceptors (Lipinski definition) is 9. The molecule has 0 aliphatic carbocycles. The molecule has 0 saturated carbocycles. The van der Waals surface area contributed by atoms with Crippen molar-refractivity contribution in [3.63, 3.8) is 0 Å². The Morgan fingerprint density at radius 3 is 2.58 bits per heavy atom. The Morgan fingerprint density at radius 1 is 1.31 bits per heavy atom. The molecule has 1 aliphatic rings. The van der Waals surface area contributed by atoms with Crippen LogP contribution in [0.25, 0.3) is 0 Å². The molecule has 1 aromatic carbocycles. The van der Waals surface area contributed by atoms with Crippen LogP contribution in [0.2, 0.25) is 0 Å². The largest absolute Gasteiger partial charge is 0.467 e.